The minimum atomic E-state index is -3.84. The third kappa shape index (κ3) is 6.42. The molecule has 2 unspecified atom stereocenters. The lowest BCUT2D eigenvalue weighted by Gasteiger charge is -2.23. The fourth-order valence-corrected chi connectivity index (χ4v) is 6.02. The average Bonchev–Trinajstić information content (AvgIpc) is 3.57. The number of carbonyl (C=O) groups is 2. The molecule has 0 radical (unpaired) electrons. The molecule has 0 saturated carbocycles. The fraction of sp³-hybridized carbons (Fsp3) is 0.214. The normalized spacial score (nSPS) is 18.6. The number of amidine groups is 1. The number of amides is 2. The number of carbonyl (C=O) groups excluding carboxylic acids is 2. The lowest BCUT2D eigenvalue weighted by molar-refractivity contribution is -0.121. The van der Waals surface area contributed by atoms with Gasteiger partial charge >= 0.3 is 0 Å². The Balaban J connectivity index is 1.32. The van der Waals surface area contributed by atoms with Crippen LogP contribution in [0.4, 0.5) is 5.69 Å². The minimum absolute atomic E-state index is 0.0679. The minimum Gasteiger partial charge on any atom is -0.497 e. The molecular weight excluding hydrogens is 566 g/mol. The van der Waals surface area contributed by atoms with E-state index in [-0.39, 0.29) is 17.4 Å². The smallest absolute Gasteiger partial charge is 0.262 e. The molecular formula is C28H27N5O6S2. The first-order valence-electron chi connectivity index (χ1n) is 12.5. The van der Waals surface area contributed by atoms with Gasteiger partial charge in [-0.3, -0.25) is 9.59 Å². The second-order valence-corrected chi connectivity index (χ2v) is 12.0. The van der Waals surface area contributed by atoms with Gasteiger partial charge in [-0.15, -0.1) is 0 Å². The van der Waals surface area contributed by atoms with Gasteiger partial charge in [0.05, 0.1) is 30.9 Å². The van der Waals surface area contributed by atoms with E-state index in [0.29, 0.717) is 17.3 Å². The molecule has 3 aromatic carbocycles. The molecule has 5 rings (SSSR count). The van der Waals surface area contributed by atoms with Crippen molar-refractivity contribution >= 4 is 50.2 Å². The van der Waals surface area contributed by atoms with Crippen molar-refractivity contribution in [2.75, 3.05) is 19.5 Å². The van der Waals surface area contributed by atoms with Crippen LogP contribution in [-0.2, 0) is 19.6 Å². The number of rotatable bonds is 8. The van der Waals surface area contributed by atoms with Crippen LogP contribution in [0.5, 0.6) is 11.5 Å². The van der Waals surface area contributed by atoms with Crippen LogP contribution in [0.2, 0.25) is 0 Å². The fourth-order valence-electron chi connectivity index (χ4n) is 4.44. The maximum absolute atomic E-state index is 12.9. The zero-order chi connectivity index (χ0) is 29.1. The Morgan fingerprint density at radius 2 is 1.61 bits per heavy atom. The largest absolute Gasteiger partial charge is 0.497 e. The third-order valence-corrected chi connectivity index (χ3v) is 8.67. The van der Waals surface area contributed by atoms with E-state index in [0.717, 1.165) is 28.3 Å². The summed E-state index contributed by atoms with van der Waals surface area (Å²) in [5, 5.41) is 14.1. The molecule has 0 aromatic heterocycles. The second kappa shape index (κ2) is 11.7. The Hall–Kier alpha value is -4.20. The number of primary sulfonamides is 1. The highest BCUT2D eigenvalue weighted by Gasteiger charge is 2.39. The standard InChI is InChI=1S/C28H27N5O6S2/c1-38-20-9-3-17(4-10-20)23-15-24(18-5-11-21(39-2)12-6-18)33(32-23)28-31-27(35)25(40-28)16-26(34)30-19-7-13-22(14-8-19)41(29,36)37/h3-14,24-25H,15-16H2,1-2H3,(H,30,34)(H2,29,36,37). The van der Waals surface area contributed by atoms with Crippen LogP contribution < -0.4 is 19.9 Å². The van der Waals surface area contributed by atoms with Crippen molar-refractivity contribution in [3.8, 4) is 11.5 Å². The van der Waals surface area contributed by atoms with Crippen molar-refractivity contribution in [3.05, 3.63) is 83.9 Å². The summed E-state index contributed by atoms with van der Waals surface area (Å²) in [5.41, 5.74) is 3.10. The number of methoxy groups -OCH3 is 2. The molecule has 41 heavy (non-hydrogen) atoms. The molecule has 0 spiro atoms. The molecule has 0 saturated heterocycles. The van der Waals surface area contributed by atoms with Crippen LogP contribution in [0.3, 0.4) is 0 Å². The van der Waals surface area contributed by atoms with Crippen molar-refractivity contribution in [1.82, 2.24) is 5.01 Å². The number of nitrogens with two attached hydrogens (primary N) is 1. The van der Waals surface area contributed by atoms with Gasteiger partial charge in [0.25, 0.3) is 5.91 Å². The summed E-state index contributed by atoms with van der Waals surface area (Å²) < 4.78 is 33.5. The Morgan fingerprint density at radius 1 is 1.00 bits per heavy atom. The van der Waals surface area contributed by atoms with Crippen molar-refractivity contribution in [2.45, 2.75) is 29.0 Å². The van der Waals surface area contributed by atoms with Gasteiger partial charge in [-0.2, -0.15) is 10.1 Å². The molecule has 3 aromatic rings. The van der Waals surface area contributed by atoms with Crippen LogP contribution >= 0.6 is 11.8 Å². The number of thioether (sulfide) groups is 1. The van der Waals surface area contributed by atoms with Gasteiger partial charge in [0.15, 0.2) is 5.17 Å². The van der Waals surface area contributed by atoms with Crippen LogP contribution in [0.25, 0.3) is 0 Å². The summed E-state index contributed by atoms with van der Waals surface area (Å²) in [6, 6.07) is 20.5. The molecule has 212 valence electrons. The number of sulfonamides is 1. The molecule has 0 bridgehead atoms. The van der Waals surface area contributed by atoms with E-state index in [9.17, 15) is 18.0 Å². The second-order valence-electron chi connectivity index (χ2n) is 9.27. The number of hydrogen-bond acceptors (Lipinski definition) is 9. The average molecular weight is 594 g/mol. The van der Waals surface area contributed by atoms with Gasteiger partial charge < -0.3 is 14.8 Å². The summed E-state index contributed by atoms with van der Waals surface area (Å²) >= 11 is 1.19. The Morgan fingerprint density at radius 3 is 2.20 bits per heavy atom. The number of hydrogen-bond donors (Lipinski definition) is 2. The summed E-state index contributed by atoms with van der Waals surface area (Å²) in [5.74, 6) is 0.624. The van der Waals surface area contributed by atoms with E-state index < -0.39 is 27.1 Å². The SMILES string of the molecule is COc1ccc(C2=NN(C3=NC(=O)C(CC(=O)Nc4ccc(S(N)(=O)=O)cc4)S3)C(c3ccc(OC)cc3)C2)cc1. The molecule has 11 nitrogen and oxygen atoms in total. The summed E-state index contributed by atoms with van der Waals surface area (Å²) in [4.78, 5) is 29.8. The Kier molecular flexibility index (Phi) is 8.10. The number of ether oxygens (including phenoxy) is 2. The Bertz CT molecular complexity index is 1620. The van der Waals surface area contributed by atoms with Crippen LogP contribution in [0, 0.1) is 0 Å². The van der Waals surface area contributed by atoms with E-state index >= 15 is 0 Å². The highest BCUT2D eigenvalue weighted by molar-refractivity contribution is 8.15. The van der Waals surface area contributed by atoms with Crippen molar-refractivity contribution in [3.63, 3.8) is 0 Å². The number of nitrogens with zero attached hydrogens (tertiary/aromatic N) is 3. The molecule has 13 heteroatoms. The van der Waals surface area contributed by atoms with Gasteiger partial charge in [0.2, 0.25) is 15.9 Å². The maximum atomic E-state index is 12.9. The number of anilines is 1. The van der Waals surface area contributed by atoms with Gasteiger partial charge in [0, 0.05) is 18.5 Å². The highest BCUT2D eigenvalue weighted by Crippen LogP contribution is 2.39. The molecule has 2 amide bonds. The van der Waals surface area contributed by atoms with Crippen molar-refractivity contribution in [1.29, 1.82) is 0 Å². The van der Waals surface area contributed by atoms with Crippen LogP contribution in [0.15, 0.2) is 87.8 Å². The van der Waals surface area contributed by atoms with Crippen molar-refractivity contribution < 1.29 is 27.5 Å². The number of benzene rings is 3. The van der Waals surface area contributed by atoms with E-state index in [4.69, 9.17) is 19.7 Å². The van der Waals surface area contributed by atoms with E-state index in [1.54, 1.807) is 19.2 Å². The first-order chi connectivity index (χ1) is 19.6. The first kappa shape index (κ1) is 28.3. The maximum Gasteiger partial charge on any atom is 0.262 e. The molecule has 2 atom stereocenters. The number of aliphatic imine (C=N–C) groups is 1. The van der Waals surface area contributed by atoms with E-state index in [1.807, 2.05) is 48.5 Å². The highest BCUT2D eigenvalue weighted by atomic mass is 32.2. The zero-order valence-corrected chi connectivity index (χ0v) is 23.8. The number of nitrogens with one attached hydrogen (secondary N) is 1. The monoisotopic (exact) mass is 593 g/mol. The van der Waals surface area contributed by atoms with Gasteiger partial charge in [0.1, 0.15) is 16.7 Å². The predicted octanol–water partition coefficient (Wildman–Crippen LogP) is 3.53. The first-order valence-corrected chi connectivity index (χ1v) is 14.9. The van der Waals surface area contributed by atoms with Gasteiger partial charge in [-0.25, -0.2) is 18.6 Å². The van der Waals surface area contributed by atoms with Gasteiger partial charge in [-0.05, 0) is 71.8 Å². The lowest BCUT2D eigenvalue weighted by Crippen LogP contribution is -2.25. The van der Waals surface area contributed by atoms with Crippen LogP contribution in [0.1, 0.15) is 30.0 Å². The van der Waals surface area contributed by atoms with E-state index in [1.165, 1.54) is 36.0 Å². The molecule has 0 aliphatic carbocycles. The summed E-state index contributed by atoms with van der Waals surface area (Å²) in [6.45, 7) is 0. The molecule has 2 aliphatic heterocycles. The summed E-state index contributed by atoms with van der Waals surface area (Å²) in [6.07, 6.45) is 0.454. The molecule has 2 heterocycles. The zero-order valence-electron chi connectivity index (χ0n) is 22.2. The van der Waals surface area contributed by atoms with Gasteiger partial charge in [-0.1, -0.05) is 23.9 Å². The van der Waals surface area contributed by atoms with Crippen molar-refractivity contribution in [2.24, 2.45) is 15.2 Å². The predicted molar refractivity (Wildman–Crippen MR) is 157 cm³/mol. The summed E-state index contributed by atoms with van der Waals surface area (Å²) in [7, 11) is -0.632. The molecule has 2 aliphatic rings. The Labute approximate surface area is 241 Å². The van der Waals surface area contributed by atoms with Crippen LogP contribution in [-0.4, -0.2) is 55.6 Å². The van der Waals surface area contributed by atoms with E-state index in [2.05, 4.69) is 10.3 Å². The molecule has 0 fully saturated rings. The quantitative estimate of drug-likeness (QED) is 0.402. The lowest BCUT2D eigenvalue weighted by atomic mass is 9.98. The molecule has 3 N–H and O–H groups in total. The topological polar surface area (TPSA) is 153 Å². The third-order valence-electron chi connectivity index (χ3n) is 6.60. The number of hydrazone groups is 1.